The lowest BCUT2D eigenvalue weighted by molar-refractivity contribution is -0.122. The van der Waals surface area contributed by atoms with Crippen LogP contribution in [0.5, 0.6) is 5.75 Å². The second kappa shape index (κ2) is 4.55. The topological polar surface area (TPSA) is 67.4 Å². The lowest BCUT2D eigenvalue weighted by Gasteiger charge is -2.23. The molecule has 1 heterocycles. The van der Waals surface area contributed by atoms with E-state index in [2.05, 4.69) is 10.6 Å². The van der Waals surface area contributed by atoms with Gasteiger partial charge in [0.2, 0.25) is 0 Å². The minimum absolute atomic E-state index is 0.0107. The van der Waals surface area contributed by atoms with E-state index < -0.39 is 6.10 Å². The molecule has 1 atom stereocenters. The molecule has 90 valence electrons. The van der Waals surface area contributed by atoms with Gasteiger partial charge in [-0.3, -0.25) is 9.59 Å². The van der Waals surface area contributed by atoms with Gasteiger partial charge in [-0.15, -0.1) is 0 Å². The smallest absolute Gasteiger partial charge is 0.265 e. The summed E-state index contributed by atoms with van der Waals surface area (Å²) in [6.07, 6.45) is -0.530. The molecule has 1 amide bonds. The predicted octanol–water partition coefficient (Wildman–Crippen LogP) is 0.808. The molecule has 2 rings (SSSR count). The van der Waals surface area contributed by atoms with Crippen LogP contribution in [-0.2, 0) is 4.79 Å². The molecule has 0 radical (unpaired) electrons. The van der Waals surface area contributed by atoms with Crippen LogP contribution in [0.15, 0.2) is 18.2 Å². The lowest BCUT2D eigenvalue weighted by Crippen LogP contribution is -2.34. The van der Waals surface area contributed by atoms with Gasteiger partial charge in [-0.25, -0.2) is 0 Å². The van der Waals surface area contributed by atoms with Gasteiger partial charge in [0.15, 0.2) is 11.9 Å². The maximum absolute atomic E-state index is 11.7. The predicted molar refractivity (Wildman–Crippen MR) is 63.4 cm³/mol. The quantitative estimate of drug-likeness (QED) is 0.759. The normalized spacial score (nSPS) is 18.0. The molecule has 17 heavy (non-hydrogen) atoms. The summed E-state index contributed by atoms with van der Waals surface area (Å²) in [5.74, 6) is 0.356. The summed E-state index contributed by atoms with van der Waals surface area (Å²) in [6.45, 7) is 1.95. The van der Waals surface area contributed by atoms with Crippen molar-refractivity contribution < 1.29 is 14.3 Å². The Morgan fingerprint density at radius 3 is 3.00 bits per heavy atom. The second-order valence-corrected chi connectivity index (χ2v) is 3.91. The highest BCUT2D eigenvalue weighted by atomic mass is 16.5. The van der Waals surface area contributed by atoms with Crippen molar-refractivity contribution in [3.63, 3.8) is 0 Å². The van der Waals surface area contributed by atoms with Crippen LogP contribution in [0.1, 0.15) is 17.3 Å². The SMILES string of the molecule is CNCC(=O)c1ccc2c(c1)OC(C)C(=O)N2. The summed E-state index contributed by atoms with van der Waals surface area (Å²) in [6, 6.07) is 5.02. The van der Waals surface area contributed by atoms with E-state index in [0.29, 0.717) is 17.0 Å². The Bertz CT molecular complexity index is 471. The molecule has 0 saturated heterocycles. The second-order valence-electron chi connectivity index (χ2n) is 3.91. The van der Waals surface area contributed by atoms with Gasteiger partial charge in [-0.2, -0.15) is 0 Å². The van der Waals surface area contributed by atoms with Crippen molar-refractivity contribution in [2.75, 3.05) is 18.9 Å². The minimum atomic E-state index is -0.530. The number of hydrogen-bond donors (Lipinski definition) is 2. The molecule has 0 fully saturated rings. The molecule has 0 aliphatic carbocycles. The number of likely N-dealkylation sites (N-methyl/N-ethyl adjacent to an activating group) is 1. The van der Waals surface area contributed by atoms with Crippen LogP contribution < -0.4 is 15.4 Å². The number of Topliss-reactive ketones (excluding diaryl/α,β-unsaturated/α-hetero) is 1. The molecule has 1 aliphatic rings. The maximum atomic E-state index is 11.7. The van der Waals surface area contributed by atoms with Gasteiger partial charge >= 0.3 is 0 Å². The third kappa shape index (κ3) is 2.29. The van der Waals surface area contributed by atoms with Crippen molar-refractivity contribution in [3.8, 4) is 5.75 Å². The molecular formula is C12H14N2O3. The molecule has 0 bridgehead atoms. The van der Waals surface area contributed by atoms with E-state index in [4.69, 9.17) is 4.74 Å². The fourth-order valence-corrected chi connectivity index (χ4v) is 1.64. The van der Waals surface area contributed by atoms with Gasteiger partial charge in [0.1, 0.15) is 5.75 Å². The first-order valence-corrected chi connectivity index (χ1v) is 5.41. The number of amides is 1. The Kier molecular flexibility index (Phi) is 3.10. The molecule has 1 aliphatic heterocycles. The zero-order chi connectivity index (χ0) is 12.4. The molecule has 1 aromatic rings. The van der Waals surface area contributed by atoms with Gasteiger partial charge in [-0.1, -0.05) is 0 Å². The third-order valence-corrected chi connectivity index (χ3v) is 2.57. The van der Waals surface area contributed by atoms with Crippen molar-refractivity contribution in [1.29, 1.82) is 0 Å². The summed E-state index contributed by atoms with van der Waals surface area (Å²) in [5.41, 5.74) is 1.18. The van der Waals surface area contributed by atoms with Crippen molar-refractivity contribution in [1.82, 2.24) is 5.32 Å². The fraction of sp³-hybridized carbons (Fsp3) is 0.333. The molecule has 1 unspecified atom stereocenters. The molecule has 0 spiro atoms. The summed E-state index contributed by atoms with van der Waals surface area (Å²) in [5, 5.41) is 5.52. The van der Waals surface area contributed by atoms with E-state index in [1.807, 2.05) is 0 Å². The van der Waals surface area contributed by atoms with E-state index in [9.17, 15) is 9.59 Å². The highest BCUT2D eigenvalue weighted by molar-refractivity contribution is 6.01. The standard InChI is InChI=1S/C12H14N2O3/c1-7-12(16)14-9-4-3-8(5-11(9)17-7)10(15)6-13-2/h3-5,7,13H,6H2,1-2H3,(H,14,16). The fourth-order valence-electron chi connectivity index (χ4n) is 1.64. The Morgan fingerprint density at radius 2 is 2.29 bits per heavy atom. The highest BCUT2D eigenvalue weighted by Gasteiger charge is 2.24. The molecule has 2 N–H and O–H groups in total. The van der Waals surface area contributed by atoms with Crippen molar-refractivity contribution in [3.05, 3.63) is 23.8 Å². The average Bonchev–Trinajstić information content (AvgIpc) is 2.30. The van der Waals surface area contributed by atoms with Crippen molar-refractivity contribution in [2.24, 2.45) is 0 Å². The van der Waals surface area contributed by atoms with Crippen LogP contribution >= 0.6 is 0 Å². The maximum Gasteiger partial charge on any atom is 0.265 e. The Hall–Kier alpha value is -1.88. The summed E-state index contributed by atoms with van der Waals surface area (Å²) >= 11 is 0. The number of ketones is 1. The van der Waals surface area contributed by atoms with Crippen LogP contribution in [0.3, 0.4) is 0 Å². The van der Waals surface area contributed by atoms with Gasteiger partial charge in [0.05, 0.1) is 12.2 Å². The minimum Gasteiger partial charge on any atom is -0.479 e. The first kappa shape index (κ1) is 11.6. The van der Waals surface area contributed by atoms with Gasteiger partial charge < -0.3 is 15.4 Å². The molecule has 5 heteroatoms. The molecular weight excluding hydrogens is 220 g/mol. The Labute approximate surface area is 99.2 Å². The number of nitrogens with one attached hydrogen (secondary N) is 2. The van der Waals surface area contributed by atoms with E-state index >= 15 is 0 Å². The first-order chi connectivity index (χ1) is 8.11. The van der Waals surface area contributed by atoms with Crippen LogP contribution in [0.25, 0.3) is 0 Å². The van der Waals surface area contributed by atoms with Crippen LogP contribution in [0.4, 0.5) is 5.69 Å². The highest BCUT2D eigenvalue weighted by Crippen LogP contribution is 2.30. The van der Waals surface area contributed by atoms with Crippen LogP contribution in [0.2, 0.25) is 0 Å². The van der Waals surface area contributed by atoms with Gasteiger partial charge in [-0.05, 0) is 32.2 Å². The number of ether oxygens (including phenoxy) is 1. The van der Waals surface area contributed by atoms with Crippen LogP contribution in [-0.4, -0.2) is 31.4 Å². The molecule has 1 aromatic carbocycles. The van der Waals surface area contributed by atoms with Gasteiger partial charge in [0, 0.05) is 5.56 Å². The summed E-state index contributed by atoms with van der Waals surface area (Å²) in [7, 11) is 1.72. The van der Waals surface area contributed by atoms with Crippen LogP contribution in [0, 0.1) is 0 Å². The summed E-state index contributed by atoms with van der Waals surface area (Å²) in [4.78, 5) is 23.0. The number of rotatable bonds is 3. The van der Waals surface area contributed by atoms with E-state index in [0.717, 1.165) is 0 Å². The molecule has 5 nitrogen and oxygen atoms in total. The number of anilines is 1. The molecule has 0 aromatic heterocycles. The first-order valence-electron chi connectivity index (χ1n) is 5.41. The Morgan fingerprint density at radius 1 is 1.53 bits per heavy atom. The van der Waals surface area contributed by atoms with Crippen molar-refractivity contribution in [2.45, 2.75) is 13.0 Å². The monoisotopic (exact) mass is 234 g/mol. The zero-order valence-corrected chi connectivity index (χ0v) is 9.74. The Balaban J connectivity index is 2.28. The largest absolute Gasteiger partial charge is 0.479 e. The number of fused-ring (bicyclic) bond motifs is 1. The average molecular weight is 234 g/mol. The number of carbonyl (C=O) groups is 2. The number of benzene rings is 1. The zero-order valence-electron chi connectivity index (χ0n) is 9.74. The number of hydrogen-bond acceptors (Lipinski definition) is 4. The van der Waals surface area contributed by atoms with Gasteiger partial charge in [0.25, 0.3) is 5.91 Å². The van der Waals surface area contributed by atoms with Crippen molar-refractivity contribution >= 4 is 17.4 Å². The summed E-state index contributed by atoms with van der Waals surface area (Å²) < 4.78 is 5.43. The number of carbonyl (C=O) groups excluding carboxylic acids is 2. The van der Waals surface area contributed by atoms with E-state index in [1.165, 1.54) is 0 Å². The lowest BCUT2D eigenvalue weighted by atomic mass is 10.1. The van der Waals surface area contributed by atoms with E-state index in [1.54, 1.807) is 32.2 Å². The molecule has 0 saturated carbocycles. The van der Waals surface area contributed by atoms with E-state index in [-0.39, 0.29) is 18.2 Å². The third-order valence-electron chi connectivity index (χ3n) is 2.57.